The molecule has 1 N–H and O–H groups in total. The first-order valence-electron chi connectivity index (χ1n) is 4.87. The molecule has 1 amide bonds. The molecule has 1 aromatic rings. The van der Waals surface area contributed by atoms with Crippen molar-refractivity contribution in [2.24, 2.45) is 0 Å². The van der Waals surface area contributed by atoms with Crippen molar-refractivity contribution in [3.63, 3.8) is 0 Å². The first-order chi connectivity index (χ1) is 7.67. The molecule has 0 radical (unpaired) electrons. The molecule has 0 atom stereocenters. The molecule has 0 fully saturated rings. The summed E-state index contributed by atoms with van der Waals surface area (Å²) in [4.78, 5) is 11.1. The maximum Gasteiger partial charge on any atom is 0.239 e. The normalized spacial score (nSPS) is 9.62. The van der Waals surface area contributed by atoms with Crippen LogP contribution in [-0.2, 0) is 4.79 Å². The van der Waals surface area contributed by atoms with Crippen LogP contribution >= 0.6 is 11.6 Å². The lowest BCUT2D eigenvalue weighted by Gasteiger charge is -2.09. The SMILES string of the molecule is C=CCOc1ccc(NC(=O)CCl)c(C)c1. The quantitative estimate of drug-likeness (QED) is 0.634. The largest absolute Gasteiger partial charge is 0.490 e. The molecule has 0 saturated heterocycles. The molecule has 1 aromatic carbocycles. The number of amides is 1. The van der Waals surface area contributed by atoms with E-state index in [1.807, 2.05) is 13.0 Å². The first-order valence-corrected chi connectivity index (χ1v) is 5.41. The zero-order valence-corrected chi connectivity index (χ0v) is 9.88. The summed E-state index contributed by atoms with van der Waals surface area (Å²) in [5, 5.41) is 2.70. The Morgan fingerprint density at radius 2 is 2.38 bits per heavy atom. The lowest BCUT2D eigenvalue weighted by molar-refractivity contribution is -0.113. The molecule has 0 aliphatic rings. The minimum Gasteiger partial charge on any atom is -0.490 e. The van der Waals surface area contributed by atoms with Gasteiger partial charge in [-0.15, -0.1) is 11.6 Å². The van der Waals surface area contributed by atoms with Gasteiger partial charge >= 0.3 is 0 Å². The zero-order chi connectivity index (χ0) is 12.0. The Kier molecular flexibility index (Phi) is 4.86. The van der Waals surface area contributed by atoms with Gasteiger partial charge in [-0.05, 0) is 30.7 Å². The van der Waals surface area contributed by atoms with Crippen molar-refractivity contribution in [1.29, 1.82) is 0 Å². The Labute approximate surface area is 100 Å². The van der Waals surface area contributed by atoms with Crippen LogP contribution in [0.5, 0.6) is 5.75 Å². The molecule has 0 heterocycles. The highest BCUT2D eigenvalue weighted by Gasteiger charge is 2.04. The molecule has 0 spiro atoms. The van der Waals surface area contributed by atoms with Crippen molar-refractivity contribution in [3.05, 3.63) is 36.4 Å². The second kappa shape index (κ2) is 6.18. The Hall–Kier alpha value is -1.48. The maximum absolute atomic E-state index is 11.1. The molecule has 16 heavy (non-hydrogen) atoms. The summed E-state index contributed by atoms with van der Waals surface area (Å²) in [7, 11) is 0. The molecule has 4 heteroatoms. The summed E-state index contributed by atoms with van der Waals surface area (Å²) in [5.41, 5.74) is 1.68. The summed E-state index contributed by atoms with van der Waals surface area (Å²) < 4.78 is 5.37. The molecule has 0 saturated carbocycles. The number of alkyl halides is 1. The number of ether oxygens (including phenoxy) is 1. The average Bonchev–Trinajstić information content (AvgIpc) is 2.29. The summed E-state index contributed by atoms with van der Waals surface area (Å²) in [6.45, 7) is 5.93. The number of benzene rings is 1. The summed E-state index contributed by atoms with van der Waals surface area (Å²) in [5.74, 6) is 0.486. The Balaban J connectivity index is 2.74. The maximum atomic E-state index is 11.1. The van der Waals surface area contributed by atoms with Crippen LogP contribution in [0.4, 0.5) is 5.69 Å². The molecular formula is C12H14ClNO2. The monoisotopic (exact) mass is 239 g/mol. The predicted molar refractivity (Wildman–Crippen MR) is 66.2 cm³/mol. The number of hydrogen-bond donors (Lipinski definition) is 1. The van der Waals surface area contributed by atoms with Gasteiger partial charge in [0, 0.05) is 5.69 Å². The molecule has 0 bridgehead atoms. The fraction of sp³-hybridized carbons (Fsp3) is 0.250. The number of rotatable bonds is 5. The highest BCUT2D eigenvalue weighted by atomic mass is 35.5. The van der Waals surface area contributed by atoms with E-state index in [0.717, 1.165) is 17.0 Å². The van der Waals surface area contributed by atoms with E-state index in [0.29, 0.717) is 6.61 Å². The van der Waals surface area contributed by atoms with Crippen LogP contribution in [-0.4, -0.2) is 18.4 Å². The van der Waals surface area contributed by atoms with Crippen LogP contribution in [0.3, 0.4) is 0 Å². The van der Waals surface area contributed by atoms with E-state index in [1.165, 1.54) is 0 Å². The minimum absolute atomic E-state index is 0.0475. The van der Waals surface area contributed by atoms with E-state index in [-0.39, 0.29) is 11.8 Å². The van der Waals surface area contributed by atoms with Crippen molar-refractivity contribution in [1.82, 2.24) is 0 Å². The van der Waals surface area contributed by atoms with Crippen LogP contribution in [0.25, 0.3) is 0 Å². The lowest BCUT2D eigenvalue weighted by atomic mass is 10.2. The van der Waals surface area contributed by atoms with Gasteiger partial charge in [-0.1, -0.05) is 12.7 Å². The summed E-state index contributed by atoms with van der Waals surface area (Å²) in [6, 6.07) is 5.44. The van der Waals surface area contributed by atoms with Gasteiger partial charge in [0.2, 0.25) is 5.91 Å². The van der Waals surface area contributed by atoms with Crippen LogP contribution in [0, 0.1) is 6.92 Å². The smallest absolute Gasteiger partial charge is 0.239 e. The number of anilines is 1. The predicted octanol–water partition coefficient (Wildman–Crippen LogP) is 2.74. The van der Waals surface area contributed by atoms with Crippen LogP contribution in [0.2, 0.25) is 0 Å². The minimum atomic E-state index is -0.218. The number of carbonyl (C=O) groups excluding carboxylic acids is 1. The third-order valence-corrected chi connectivity index (χ3v) is 2.20. The van der Waals surface area contributed by atoms with Gasteiger partial charge in [-0.3, -0.25) is 4.79 Å². The van der Waals surface area contributed by atoms with E-state index in [1.54, 1.807) is 18.2 Å². The fourth-order valence-electron chi connectivity index (χ4n) is 1.20. The van der Waals surface area contributed by atoms with Gasteiger partial charge in [0.1, 0.15) is 18.2 Å². The van der Waals surface area contributed by atoms with Gasteiger partial charge in [0.25, 0.3) is 0 Å². The van der Waals surface area contributed by atoms with E-state index in [2.05, 4.69) is 11.9 Å². The standard InChI is InChI=1S/C12H14ClNO2/c1-3-6-16-10-4-5-11(9(2)7-10)14-12(15)8-13/h3-5,7H,1,6,8H2,2H3,(H,14,15). The Morgan fingerprint density at radius 1 is 1.62 bits per heavy atom. The molecular weight excluding hydrogens is 226 g/mol. The number of hydrogen-bond acceptors (Lipinski definition) is 2. The van der Waals surface area contributed by atoms with Crippen molar-refractivity contribution >= 4 is 23.2 Å². The molecule has 3 nitrogen and oxygen atoms in total. The van der Waals surface area contributed by atoms with E-state index >= 15 is 0 Å². The van der Waals surface area contributed by atoms with E-state index < -0.39 is 0 Å². The van der Waals surface area contributed by atoms with E-state index in [4.69, 9.17) is 16.3 Å². The lowest BCUT2D eigenvalue weighted by Crippen LogP contribution is -2.13. The van der Waals surface area contributed by atoms with Crippen LogP contribution in [0.15, 0.2) is 30.9 Å². The van der Waals surface area contributed by atoms with Gasteiger partial charge in [0.05, 0.1) is 0 Å². The zero-order valence-electron chi connectivity index (χ0n) is 9.13. The average molecular weight is 240 g/mol. The van der Waals surface area contributed by atoms with Gasteiger partial charge in [0.15, 0.2) is 0 Å². The topological polar surface area (TPSA) is 38.3 Å². The third kappa shape index (κ3) is 3.59. The molecule has 0 unspecified atom stereocenters. The van der Waals surface area contributed by atoms with Crippen molar-refractivity contribution in [3.8, 4) is 5.75 Å². The number of aryl methyl sites for hydroxylation is 1. The molecule has 0 aliphatic carbocycles. The van der Waals surface area contributed by atoms with Gasteiger partial charge in [-0.2, -0.15) is 0 Å². The van der Waals surface area contributed by atoms with Gasteiger partial charge < -0.3 is 10.1 Å². The fourth-order valence-corrected chi connectivity index (χ4v) is 1.27. The first kappa shape index (κ1) is 12.6. The Bertz CT molecular complexity index is 391. The summed E-state index contributed by atoms with van der Waals surface area (Å²) in [6.07, 6.45) is 1.68. The van der Waals surface area contributed by atoms with Crippen molar-refractivity contribution in [2.45, 2.75) is 6.92 Å². The molecule has 0 aliphatic heterocycles. The van der Waals surface area contributed by atoms with E-state index in [9.17, 15) is 4.79 Å². The Morgan fingerprint density at radius 3 is 2.94 bits per heavy atom. The second-order valence-corrected chi connectivity index (χ2v) is 3.53. The van der Waals surface area contributed by atoms with Crippen LogP contribution in [0.1, 0.15) is 5.56 Å². The molecule has 0 aromatic heterocycles. The highest BCUT2D eigenvalue weighted by molar-refractivity contribution is 6.29. The van der Waals surface area contributed by atoms with Gasteiger partial charge in [-0.25, -0.2) is 0 Å². The molecule has 1 rings (SSSR count). The second-order valence-electron chi connectivity index (χ2n) is 3.26. The van der Waals surface area contributed by atoms with Crippen molar-refractivity contribution < 1.29 is 9.53 Å². The number of carbonyl (C=O) groups is 1. The van der Waals surface area contributed by atoms with Crippen molar-refractivity contribution in [2.75, 3.05) is 17.8 Å². The van der Waals surface area contributed by atoms with Crippen LogP contribution < -0.4 is 10.1 Å². The number of halogens is 1. The number of nitrogens with one attached hydrogen (secondary N) is 1. The highest BCUT2D eigenvalue weighted by Crippen LogP contribution is 2.21. The molecule has 86 valence electrons. The third-order valence-electron chi connectivity index (χ3n) is 1.96. The summed E-state index contributed by atoms with van der Waals surface area (Å²) >= 11 is 5.41.